The normalized spacial score (nSPS) is 13.1. The van der Waals surface area contributed by atoms with Crippen molar-refractivity contribution in [2.45, 2.75) is 40.0 Å². The van der Waals surface area contributed by atoms with Crippen LogP contribution in [-0.4, -0.2) is 13.1 Å². The van der Waals surface area contributed by atoms with Crippen LogP contribution in [-0.2, 0) is 9.53 Å². The van der Waals surface area contributed by atoms with Crippen LogP contribution in [0.4, 0.5) is 0 Å². The molecule has 92 valence electrons. The molecule has 1 unspecified atom stereocenters. The van der Waals surface area contributed by atoms with Gasteiger partial charge in [-0.1, -0.05) is 18.6 Å². The number of nitrogens with two attached hydrogens (primary N) is 1. The molecule has 0 aromatic heterocycles. The van der Waals surface area contributed by atoms with Gasteiger partial charge >= 0.3 is 5.97 Å². The molecule has 0 heterocycles. The van der Waals surface area contributed by atoms with E-state index < -0.39 is 0 Å². The number of carbonyl (C=O) groups is 1. The van der Waals surface area contributed by atoms with Gasteiger partial charge in [-0.05, 0) is 39.0 Å². The van der Waals surface area contributed by atoms with Gasteiger partial charge in [0.2, 0.25) is 0 Å². The van der Waals surface area contributed by atoms with Gasteiger partial charge in [0.1, 0.15) is 0 Å². The minimum Gasteiger partial charge on any atom is -0.466 e. The first-order valence-electron chi connectivity index (χ1n) is 5.63. The predicted molar refractivity (Wildman–Crippen MR) is 66.7 cm³/mol. The minimum atomic E-state index is -0.381. The van der Waals surface area contributed by atoms with E-state index in [1.165, 1.54) is 18.8 Å². The summed E-state index contributed by atoms with van der Waals surface area (Å²) >= 11 is 0. The zero-order valence-electron chi connectivity index (χ0n) is 10.7. The molecule has 0 aromatic rings. The number of ether oxygens (including phenoxy) is 1. The van der Waals surface area contributed by atoms with E-state index in [1.807, 2.05) is 0 Å². The topological polar surface area (TPSA) is 52.3 Å². The SMILES string of the molecule is COC(=O)/C=C(\N)CC(C)CCC=C(C)C. The molecule has 2 N–H and O–H groups in total. The van der Waals surface area contributed by atoms with Gasteiger partial charge < -0.3 is 10.5 Å². The van der Waals surface area contributed by atoms with Crippen LogP contribution in [0, 0.1) is 5.92 Å². The molecular formula is C13H23NO2. The Kier molecular flexibility index (Phi) is 7.34. The molecule has 0 aliphatic rings. The third kappa shape index (κ3) is 8.09. The van der Waals surface area contributed by atoms with Crippen molar-refractivity contribution in [1.29, 1.82) is 0 Å². The van der Waals surface area contributed by atoms with E-state index >= 15 is 0 Å². The summed E-state index contributed by atoms with van der Waals surface area (Å²) in [6.45, 7) is 6.32. The highest BCUT2D eigenvalue weighted by molar-refractivity contribution is 5.82. The van der Waals surface area contributed by atoms with Crippen molar-refractivity contribution in [2.24, 2.45) is 11.7 Å². The summed E-state index contributed by atoms with van der Waals surface area (Å²) in [6, 6.07) is 0. The molecule has 0 fully saturated rings. The molecule has 0 amide bonds. The molecule has 0 spiro atoms. The molecule has 0 aromatic carbocycles. The molecular weight excluding hydrogens is 202 g/mol. The lowest BCUT2D eigenvalue weighted by atomic mass is 9.99. The summed E-state index contributed by atoms with van der Waals surface area (Å²) in [4.78, 5) is 10.9. The van der Waals surface area contributed by atoms with Crippen LogP contribution in [0.25, 0.3) is 0 Å². The maximum absolute atomic E-state index is 10.9. The molecule has 3 nitrogen and oxygen atoms in total. The smallest absolute Gasteiger partial charge is 0.332 e. The molecule has 0 aliphatic heterocycles. The number of methoxy groups -OCH3 is 1. The average Bonchev–Trinajstić information content (AvgIpc) is 2.16. The van der Waals surface area contributed by atoms with Crippen LogP contribution in [0.2, 0.25) is 0 Å². The lowest BCUT2D eigenvalue weighted by Crippen LogP contribution is -2.07. The van der Waals surface area contributed by atoms with Crippen molar-refractivity contribution < 1.29 is 9.53 Å². The molecule has 0 rings (SSSR count). The van der Waals surface area contributed by atoms with Crippen LogP contribution in [0.5, 0.6) is 0 Å². The fourth-order valence-corrected chi connectivity index (χ4v) is 1.43. The number of carbonyl (C=O) groups excluding carboxylic acids is 1. The Hall–Kier alpha value is -1.25. The molecule has 0 saturated carbocycles. The first-order chi connectivity index (χ1) is 7.45. The number of rotatable bonds is 6. The maximum Gasteiger partial charge on any atom is 0.332 e. The van der Waals surface area contributed by atoms with E-state index in [4.69, 9.17) is 5.73 Å². The van der Waals surface area contributed by atoms with E-state index in [0.717, 1.165) is 19.3 Å². The van der Waals surface area contributed by atoms with Crippen LogP contribution in [0.15, 0.2) is 23.4 Å². The van der Waals surface area contributed by atoms with Gasteiger partial charge in [-0.25, -0.2) is 4.79 Å². The van der Waals surface area contributed by atoms with E-state index in [-0.39, 0.29) is 5.97 Å². The monoisotopic (exact) mass is 225 g/mol. The number of esters is 1. The molecule has 1 atom stereocenters. The standard InChI is InChI=1S/C13H23NO2/c1-10(2)6-5-7-11(3)8-12(14)9-13(15)16-4/h6,9,11H,5,7-8,14H2,1-4H3/b12-9-. The second-order valence-corrected chi connectivity index (χ2v) is 4.41. The molecule has 3 heteroatoms. The van der Waals surface area contributed by atoms with Crippen molar-refractivity contribution in [2.75, 3.05) is 7.11 Å². The number of hydrogen-bond acceptors (Lipinski definition) is 3. The zero-order chi connectivity index (χ0) is 12.6. The Morgan fingerprint density at radius 2 is 2.06 bits per heavy atom. The lowest BCUT2D eigenvalue weighted by Gasteiger charge is -2.09. The van der Waals surface area contributed by atoms with Gasteiger partial charge in [0, 0.05) is 11.8 Å². The quantitative estimate of drug-likeness (QED) is 0.429. The highest BCUT2D eigenvalue weighted by Gasteiger charge is 2.04. The van der Waals surface area contributed by atoms with Gasteiger partial charge in [-0.3, -0.25) is 0 Å². The van der Waals surface area contributed by atoms with Gasteiger partial charge in [0.15, 0.2) is 0 Å². The van der Waals surface area contributed by atoms with Crippen molar-refractivity contribution in [3.05, 3.63) is 23.4 Å². The summed E-state index contributed by atoms with van der Waals surface area (Å²) in [5, 5.41) is 0. The van der Waals surface area contributed by atoms with Gasteiger partial charge in [0.05, 0.1) is 7.11 Å². The third-order valence-electron chi connectivity index (χ3n) is 2.30. The second kappa shape index (κ2) is 7.97. The summed E-state index contributed by atoms with van der Waals surface area (Å²) in [7, 11) is 1.35. The summed E-state index contributed by atoms with van der Waals surface area (Å²) in [6.07, 6.45) is 6.47. The first-order valence-corrected chi connectivity index (χ1v) is 5.63. The van der Waals surface area contributed by atoms with Crippen molar-refractivity contribution in [3.8, 4) is 0 Å². The van der Waals surface area contributed by atoms with Gasteiger partial charge in [-0.15, -0.1) is 0 Å². The maximum atomic E-state index is 10.9. The lowest BCUT2D eigenvalue weighted by molar-refractivity contribution is -0.134. The van der Waals surface area contributed by atoms with E-state index in [2.05, 4.69) is 31.6 Å². The highest BCUT2D eigenvalue weighted by Crippen LogP contribution is 2.14. The Morgan fingerprint density at radius 1 is 1.44 bits per heavy atom. The van der Waals surface area contributed by atoms with Crippen molar-refractivity contribution in [3.63, 3.8) is 0 Å². The van der Waals surface area contributed by atoms with E-state index in [1.54, 1.807) is 0 Å². The Labute approximate surface area is 98.4 Å². The molecule has 0 bridgehead atoms. The minimum absolute atomic E-state index is 0.381. The van der Waals surface area contributed by atoms with Gasteiger partial charge in [0.25, 0.3) is 0 Å². The Morgan fingerprint density at radius 3 is 2.56 bits per heavy atom. The second-order valence-electron chi connectivity index (χ2n) is 4.41. The number of allylic oxidation sites excluding steroid dienone is 3. The largest absolute Gasteiger partial charge is 0.466 e. The predicted octanol–water partition coefficient (Wildman–Crippen LogP) is 2.77. The van der Waals surface area contributed by atoms with E-state index in [9.17, 15) is 4.79 Å². The van der Waals surface area contributed by atoms with Crippen LogP contribution in [0.3, 0.4) is 0 Å². The van der Waals surface area contributed by atoms with Crippen LogP contribution >= 0.6 is 0 Å². The van der Waals surface area contributed by atoms with E-state index in [0.29, 0.717) is 11.6 Å². The number of hydrogen-bond donors (Lipinski definition) is 1. The van der Waals surface area contributed by atoms with Crippen molar-refractivity contribution >= 4 is 5.97 Å². The Bertz CT molecular complexity index is 276. The molecule has 0 aliphatic carbocycles. The summed E-state index contributed by atoms with van der Waals surface area (Å²) < 4.78 is 4.51. The molecule has 16 heavy (non-hydrogen) atoms. The molecule has 0 radical (unpaired) electrons. The average molecular weight is 225 g/mol. The summed E-state index contributed by atoms with van der Waals surface area (Å²) in [5.41, 5.74) is 7.66. The fraction of sp³-hybridized carbons (Fsp3) is 0.615. The molecule has 0 saturated heterocycles. The van der Waals surface area contributed by atoms with Crippen LogP contribution in [0.1, 0.15) is 40.0 Å². The van der Waals surface area contributed by atoms with Gasteiger partial charge in [-0.2, -0.15) is 0 Å². The third-order valence-corrected chi connectivity index (χ3v) is 2.30. The first kappa shape index (κ1) is 14.8. The fourth-order valence-electron chi connectivity index (χ4n) is 1.43. The van der Waals surface area contributed by atoms with Crippen molar-refractivity contribution in [1.82, 2.24) is 0 Å². The Balaban J connectivity index is 3.95. The van der Waals surface area contributed by atoms with Crippen LogP contribution < -0.4 is 5.73 Å². The highest BCUT2D eigenvalue weighted by atomic mass is 16.5. The summed E-state index contributed by atoms with van der Waals surface area (Å²) in [5.74, 6) is 0.102. The zero-order valence-corrected chi connectivity index (χ0v) is 10.7.